The first-order valence-electron chi connectivity index (χ1n) is 6.08. The van der Waals surface area contributed by atoms with Crippen molar-refractivity contribution in [1.82, 2.24) is 5.32 Å². The van der Waals surface area contributed by atoms with Crippen LogP contribution in [0.25, 0.3) is 0 Å². The van der Waals surface area contributed by atoms with E-state index in [0.29, 0.717) is 0 Å². The molecule has 2 nitrogen and oxygen atoms in total. The summed E-state index contributed by atoms with van der Waals surface area (Å²) in [5.74, 6) is 0.106. The number of nitrogens with one attached hydrogen (secondary N) is 1. The van der Waals surface area contributed by atoms with Crippen LogP contribution in [0.1, 0.15) is 53.9 Å². The van der Waals surface area contributed by atoms with Gasteiger partial charge in [-0.15, -0.1) is 11.3 Å². The SMILES string of the molecule is CC(C)NC(=O)c1csc2c1CCCCC2. The second-order valence-corrected chi connectivity index (χ2v) is 5.70. The van der Waals surface area contributed by atoms with E-state index in [-0.39, 0.29) is 11.9 Å². The summed E-state index contributed by atoms with van der Waals surface area (Å²) in [7, 11) is 0. The van der Waals surface area contributed by atoms with Gasteiger partial charge in [0.15, 0.2) is 0 Å². The van der Waals surface area contributed by atoms with Crippen molar-refractivity contribution in [2.45, 2.75) is 52.0 Å². The molecule has 1 amide bonds. The van der Waals surface area contributed by atoms with Gasteiger partial charge in [0.2, 0.25) is 0 Å². The Morgan fingerprint density at radius 1 is 1.31 bits per heavy atom. The fraction of sp³-hybridized carbons (Fsp3) is 0.615. The number of carbonyl (C=O) groups is 1. The lowest BCUT2D eigenvalue weighted by Crippen LogP contribution is -2.30. The molecule has 88 valence electrons. The third kappa shape index (κ3) is 2.46. The maximum atomic E-state index is 12.0. The molecule has 0 bridgehead atoms. The number of hydrogen-bond acceptors (Lipinski definition) is 2. The van der Waals surface area contributed by atoms with E-state index in [2.05, 4.69) is 5.32 Å². The molecule has 0 saturated carbocycles. The van der Waals surface area contributed by atoms with E-state index in [9.17, 15) is 4.79 Å². The lowest BCUT2D eigenvalue weighted by Gasteiger charge is -2.09. The highest BCUT2D eigenvalue weighted by atomic mass is 32.1. The molecule has 0 spiro atoms. The number of carbonyl (C=O) groups excluding carboxylic acids is 1. The highest BCUT2D eigenvalue weighted by molar-refractivity contribution is 7.10. The van der Waals surface area contributed by atoms with Crippen molar-refractivity contribution in [2.75, 3.05) is 0 Å². The van der Waals surface area contributed by atoms with Crippen molar-refractivity contribution in [1.29, 1.82) is 0 Å². The van der Waals surface area contributed by atoms with Crippen LogP contribution >= 0.6 is 11.3 Å². The maximum Gasteiger partial charge on any atom is 0.252 e. The molecule has 0 aliphatic heterocycles. The molecule has 0 fully saturated rings. The van der Waals surface area contributed by atoms with Gasteiger partial charge in [-0.05, 0) is 45.1 Å². The highest BCUT2D eigenvalue weighted by Gasteiger charge is 2.19. The molecular weight excluding hydrogens is 218 g/mol. The molecule has 0 radical (unpaired) electrons. The molecule has 3 heteroatoms. The number of amides is 1. The molecule has 1 aliphatic carbocycles. The topological polar surface area (TPSA) is 29.1 Å². The summed E-state index contributed by atoms with van der Waals surface area (Å²) in [5, 5.41) is 5.02. The van der Waals surface area contributed by atoms with Crippen LogP contribution in [0.3, 0.4) is 0 Å². The molecule has 1 aromatic rings. The first-order chi connectivity index (χ1) is 7.68. The third-order valence-electron chi connectivity index (χ3n) is 2.98. The Hall–Kier alpha value is -0.830. The van der Waals surface area contributed by atoms with Crippen LogP contribution in [0.5, 0.6) is 0 Å². The summed E-state index contributed by atoms with van der Waals surface area (Å²) in [6.07, 6.45) is 6.05. The molecule has 16 heavy (non-hydrogen) atoms. The quantitative estimate of drug-likeness (QED) is 0.787. The van der Waals surface area contributed by atoms with Crippen molar-refractivity contribution < 1.29 is 4.79 Å². The van der Waals surface area contributed by atoms with Crippen LogP contribution < -0.4 is 5.32 Å². The van der Waals surface area contributed by atoms with E-state index in [1.54, 1.807) is 11.3 Å². The Kier molecular flexibility index (Phi) is 3.64. The molecule has 0 unspecified atom stereocenters. The maximum absolute atomic E-state index is 12.0. The van der Waals surface area contributed by atoms with Gasteiger partial charge in [-0.1, -0.05) is 6.42 Å². The first kappa shape index (κ1) is 11.6. The van der Waals surface area contributed by atoms with Gasteiger partial charge < -0.3 is 5.32 Å². The summed E-state index contributed by atoms with van der Waals surface area (Å²) in [4.78, 5) is 13.4. The number of aryl methyl sites for hydroxylation is 1. The molecule has 1 aliphatic rings. The van der Waals surface area contributed by atoms with E-state index in [0.717, 1.165) is 18.4 Å². The van der Waals surface area contributed by atoms with Crippen LogP contribution in [0.2, 0.25) is 0 Å². The summed E-state index contributed by atoms with van der Waals surface area (Å²) >= 11 is 1.76. The Bertz CT molecular complexity index is 381. The van der Waals surface area contributed by atoms with Crippen LogP contribution in [-0.4, -0.2) is 11.9 Å². The predicted molar refractivity (Wildman–Crippen MR) is 68.2 cm³/mol. The largest absolute Gasteiger partial charge is 0.350 e. The van der Waals surface area contributed by atoms with Crippen molar-refractivity contribution in [2.24, 2.45) is 0 Å². The smallest absolute Gasteiger partial charge is 0.252 e. The number of thiophene rings is 1. The molecular formula is C13H19NOS. The van der Waals surface area contributed by atoms with Crippen molar-refractivity contribution in [3.8, 4) is 0 Å². The van der Waals surface area contributed by atoms with Gasteiger partial charge in [0.05, 0.1) is 5.56 Å². The lowest BCUT2D eigenvalue weighted by atomic mass is 10.1. The second kappa shape index (κ2) is 5.00. The van der Waals surface area contributed by atoms with E-state index >= 15 is 0 Å². The van der Waals surface area contributed by atoms with E-state index < -0.39 is 0 Å². The zero-order valence-corrected chi connectivity index (χ0v) is 10.8. The minimum Gasteiger partial charge on any atom is -0.350 e. The zero-order valence-electron chi connectivity index (χ0n) is 10.0. The van der Waals surface area contributed by atoms with Gasteiger partial charge in [0, 0.05) is 16.3 Å². The number of rotatable bonds is 2. The second-order valence-electron chi connectivity index (χ2n) is 4.74. The molecule has 0 saturated heterocycles. The highest BCUT2D eigenvalue weighted by Crippen LogP contribution is 2.29. The number of fused-ring (bicyclic) bond motifs is 1. The van der Waals surface area contributed by atoms with Gasteiger partial charge in [0.25, 0.3) is 5.91 Å². The van der Waals surface area contributed by atoms with E-state index in [1.165, 1.54) is 29.7 Å². The standard InChI is InChI=1S/C13H19NOS/c1-9(2)14-13(15)11-8-16-12-7-5-3-4-6-10(11)12/h8-9H,3-7H2,1-2H3,(H,14,15). The van der Waals surface area contributed by atoms with Crippen LogP contribution in [0.4, 0.5) is 0 Å². The Morgan fingerprint density at radius 3 is 2.81 bits per heavy atom. The van der Waals surface area contributed by atoms with E-state index in [4.69, 9.17) is 0 Å². The Balaban J connectivity index is 2.21. The van der Waals surface area contributed by atoms with Gasteiger partial charge in [0.1, 0.15) is 0 Å². The molecule has 0 aromatic carbocycles. The molecule has 0 atom stereocenters. The average Bonchev–Trinajstić information content (AvgIpc) is 2.47. The number of hydrogen-bond donors (Lipinski definition) is 1. The van der Waals surface area contributed by atoms with Crippen LogP contribution in [0, 0.1) is 0 Å². The zero-order chi connectivity index (χ0) is 11.5. The summed E-state index contributed by atoms with van der Waals surface area (Å²) in [6, 6.07) is 0.217. The Morgan fingerprint density at radius 2 is 2.06 bits per heavy atom. The predicted octanol–water partition coefficient (Wildman–Crippen LogP) is 3.16. The monoisotopic (exact) mass is 237 g/mol. The minimum atomic E-state index is 0.106. The van der Waals surface area contributed by atoms with Crippen molar-refractivity contribution >= 4 is 17.2 Å². The van der Waals surface area contributed by atoms with Gasteiger partial charge in [-0.25, -0.2) is 0 Å². The van der Waals surface area contributed by atoms with Gasteiger partial charge in [-0.2, -0.15) is 0 Å². The first-order valence-corrected chi connectivity index (χ1v) is 6.96. The molecule has 1 aromatic heterocycles. The average molecular weight is 237 g/mol. The van der Waals surface area contributed by atoms with Gasteiger partial charge in [-0.3, -0.25) is 4.79 Å². The lowest BCUT2D eigenvalue weighted by molar-refractivity contribution is 0.0942. The van der Waals surface area contributed by atoms with Crippen molar-refractivity contribution in [3.63, 3.8) is 0 Å². The van der Waals surface area contributed by atoms with E-state index in [1.807, 2.05) is 19.2 Å². The fourth-order valence-electron chi connectivity index (χ4n) is 2.20. The molecule has 1 heterocycles. The van der Waals surface area contributed by atoms with Crippen LogP contribution in [-0.2, 0) is 12.8 Å². The third-order valence-corrected chi connectivity index (χ3v) is 4.06. The minimum absolute atomic E-state index is 0.106. The fourth-order valence-corrected chi connectivity index (χ4v) is 3.33. The van der Waals surface area contributed by atoms with Crippen LogP contribution in [0.15, 0.2) is 5.38 Å². The Labute approximate surface area is 101 Å². The summed E-state index contributed by atoms with van der Waals surface area (Å²) in [6.45, 7) is 4.01. The molecule has 1 N–H and O–H groups in total. The van der Waals surface area contributed by atoms with Crippen molar-refractivity contribution in [3.05, 3.63) is 21.4 Å². The summed E-state index contributed by atoms with van der Waals surface area (Å²) in [5.41, 5.74) is 2.25. The normalized spacial score (nSPS) is 15.7. The van der Waals surface area contributed by atoms with Gasteiger partial charge >= 0.3 is 0 Å². The summed E-state index contributed by atoms with van der Waals surface area (Å²) < 4.78 is 0. The molecule has 2 rings (SSSR count).